The maximum atomic E-state index is 12.1. The quantitative estimate of drug-likeness (QED) is 0.703. The van der Waals surface area contributed by atoms with E-state index in [0.29, 0.717) is 12.2 Å². The molecule has 0 atom stereocenters. The number of aromatic amines is 1. The molecule has 4 heteroatoms. The molecule has 0 fully saturated rings. The van der Waals surface area contributed by atoms with Gasteiger partial charge in [0.2, 0.25) is 0 Å². The molecule has 25 heavy (non-hydrogen) atoms. The zero-order valence-corrected chi connectivity index (χ0v) is 15.2. The number of nitrogens with zero attached hydrogens (tertiary/aromatic N) is 1. The second-order valence-corrected chi connectivity index (χ2v) is 6.56. The molecular formula is C21H24N2O2. The number of esters is 1. The second kappa shape index (κ2) is 7.11. The fourth-order valence-electron chi connectivity index (χ4n) is 3.04. The highest BCUT2D eigenvalue weighted by Crippen LogP contribution is 2.32. The van der Waals surface area contributed by atoms with Crippen molar-refractivity contribution in [2.24, 2.45) is 0 Å². The lowest BCUT2D eigenvalue weighted by Gasteiger charge is -2.12. The number of aryl methyl sites for hydroxylation is 1. The predicted molar refractivity (Wildman–Crippen MR) is 102 cm³/mol. The molecule has 0 aliphatic carbocycles. The van der Waals surface area contributed by atoms with Gasteiger partial charge in [0.1, 0.15) is 0 Å². The van der Waals surface area contributed by atoms with Crippen LogP contribution in [0.25, 0.3) is 22.2 Å². The van der Waals surface area contributed by atoms with Crippen LogP contribution in [-0.2, 0) is 11.3 Å². The number of H-pyrrole nitrogens is 1. The molecule has 0 radical (unpaired) electrons. The number of hydrogen-bond donors (Lipinski definition) is 1. The largest absolute Gasteiger partial charge is 0.462 e. The molecule has 0 aliphatic heterocycles. The highest BCUT2D eigenvalue weighted by Gasteiger charge is 2.16. The van der Waals surface area contributed by atoms with Crippen molar-refractivity contribution in [2.75, 3.05) is 20.7 Å². The van der Waals surface area contributed by atoms with E-state index in [9.17, 15) is 4.79 Å². The van der Waals surface area contributed by atoms with Crippen LogP contribution >= 0.6 is 0 Å². The van der Waals surface area contributed by atoms with Crippen molar-refractivity contribution in [1.82, 2.24) is 9.88 Å². The summed E-state index contributed by atoms with van der Waals surface area (Å²) in [6.45, 7) is 5.07. The number of aromatic nitrogens is 1. The van der Waals surface area contributed by atoms with E-state index in [1.807, 2.05) is 39.2 Å². The van der Waals surface area contributed by atoms with E-state index < -0.39 is 0 Å². The molecule has 0 bridgehead atoms. The molecule has 1 heterocycles. The molecule has 0 aliphatic rings. The molecule has 3 aromatic rings. The number of fused-ring (bicyclic) bond motifs is 1. The molecule has 0 amide bonds. The summed E-state index contributed by atoms with van der Waals surface area (Å²) in [6, 6.07) is 14.2. The number of hydrogen-bond acceptors (Lipinski definition) is 3. The molecule has 130 valence electrons. The number of carbonyl (C=O) groups excluding carboxylic acids is 1. The van der Waals surface area contributed by atoms with E-state index in [4.69, 9.17) is 4.74 Å². The van der Waals surface area contributed by atoms with Gasteiger partial charge in [-0.25, -0.2) is 4.79 Å². The first kappa shape index (κ1) is 17.2. The van der Waals surface area contributed by atoms with Gasteiger partial charge >= 0.3 is 5.97 Å². The van der Waals surface area contributed by atoms with Gasteiger partial charge in [-0.1, -0.05) is 29.8 Å². The Labute approximate surface area is 148 Å². The zero-order valence-electron chi connectivity index (χ0n) is 15.2. The first-order valence-electron chi connectivity index (χ1n) is 8.53. The van der Waals surface area contributed by atoms with Crippen molar-refractivity contribution < 1.29 is 9.53 Å². The summed E-state index contributed by atoms with van der Waals surface area (Å²) in [7, 11) is 4.10. The first-order chi connectivity index (χ1) is 12.0. The minimum atomic E-state index is -0.279. The molecule has 1 aromatic heterocycles. The van der Waals surface area contributed by atoms with Crippen molar-refractivity contribution in [2.45, 2.75) is 20.4 Å². The lowest BCUT2D eigenvalue weighted by Crippen LogP contribution is -2.11. The number of nitrogens with one attached hydrogen (secondary N) is 1. The van der Waals surface area contributed by atoms with Crippen molar-refractivity contribution in [3.63, 3.8) is 0 Å². The van der Waals surface area contributed by atoms with Gasteiger partial charge in [0, 0.05) is 17.4 Å². The van der Waals surface area contributed by atoms with Crippen LogP contribution in [0, 0.1) is 6.92 Å². The topological polar surface area (TPSA) is 45.3 Å². The van der Waals surface area contributed by atoms with Gasteiger partial charge in [-0.2, -0.15) is 0 Å². The number of ether oxygens (including phenoxy) is 1. The van der Waals surface area contributed by atoms with Crippen LogP contribution in [0.2, 0.25) is 0 Å². The van der Waals surface area contributed by atoms with Crippen molar-refractivity contribution in [3.8, 4) is 11.3 Å². The molecule has 3 rings (SSSR count). The molecular weight excluding hydrogens is 312 g/mol. The van der Waals surface area contributed by atoms with Gasteiger partial charge in [0.25, 0.3) is 0 Å². The van der Waals surface area contributed by atoms with Crippen LogP contribution < -0.4 is 0 Å². The molecule has 4 nitrogen and oxygen atoms in total. The van der Waals surface area contributed by atoms with E-state index in [1.165, 1.54) is 11.1 Å². The summed E-state index contributed by atoms with van der Waals surface area (Å²) < 4.78 is 5.14. The maximum absolute atomic E-state index is 12.1. The van der Waals surface area contributed by atoms with Crippen molar-refractivity contribution in [3.05, 3.63) is 59.2 Å². The van der Waals surface area contributed by atoms with E-state index in [2.05, 4.69) is 41.1 Å². The third kappa shape index (κ3) is 3.59. The lowest BCUT2D eigenvalue weighted by atomic mass is 10.0. The summed E-state index contributed by atoms with van der Waals surface area (Å²) in [6.07, 6.45) is 0. The average molecular weight is 336 g/mol. The fourth-order valence-corrected chi connectivity index (χ4v) is 3.04. The SMILES string of the molecule is CCOC(=O)c1ccc2[nH]c(-c3ccc(C)cc3)c(CN(C)C)c2c1. The summed E-state index contributed by atoms with van der Waals surface area (Å²) in [5, 5.41) is 1.06. The fraction of sp³-hybridized carbons (Fsp3) is 0.286. The van der Waals surface area contributed by atoms with Gasteiger partial charge in [-0.05, 0) is 57.3 Å². The highest BCUT2D eigenvalue weighted by molar-refractivity contribution is 5.98. The van der Waals surface area contributed by atoms with Crippen LogP contribution in [0.4, 0.5) is 0 Å². The first-order valence-corrected chi connectivity index (χ1v) is 8.53. The predicted octanol–water partition coefficient (Wildman–Crippen LogP) is 4.38. The Kier molecular flexibility index (Phi) is 4.91. The van der Waals surface area contributed by atoms with Crippen molar-refractivity contribution in [1.29, 1.82) is 0 Å². The maximum Gasteiger partial charge on any atom is 0.338 e. The van der Waals surface area contributed by atoms with Gasteiger partial charge < -0.3 is 14.6 Å². The van der Waals surface area contributed by atoms with Crippen LogP contribution in [-0.4, -0.2) is 36.6 Å². The summed E-state index contributed by atoms with van der Waals surface area (Å²) >= 11 is 0. The number of carbonyl (C=O) groups is 1. The summed E-state index contributed by atoms with van der Waals surface area (Å²) in [4.78, 5) is 17.8. The molecule has 2 aromatic carbocycles. The Morgan fingerprint density at radius 1 is 1.12 bits per heavy atom. The van der Waals surface area contributed by atoms with E-state index in [0.717, 1.165) is 28.7 Å². The van der Waals surface area contributed by atoms with E-state index >= 15 is 0 Å². The second-order valence-electron chi connectivity index (χ2n) is 6.56. The average Bonchev–Trinajstić information content (AvgIpc) is 2.93. The minimum Gasteiger partial charge on any atom is -0.462 e. The molecule has 0 unspecified atom stereocenters. The van der Waals surface area contributed by atoms with Crippen LogP contribution in [0.15, 0.2) is 42.5 Å². The van der Waals surface area contributed by atoms with Crippen LogP contribution in [0.5, 0.6) is 0 Å². The van der Waals surface area contributed by atoms with Gasteiger partial charge in [0.05, 0.1) is 17.9 Å². The summed E-state index contributed by atoms with van der Waals surface area (Å²) in [5.41, 5.74) is 6.29. The standard InChI is InChI=1S/C21H24N2O2/c1-5-25-21(24)16-10-11-19-17(12-16)18(13-23(3)4)20(22-19)15-8-6-14(2)7-9-15/h6-12,22H,5,13H2,1-4H3. The Hall–Kier alpha value is -2.59. The Bertz CT molecular complexity index is 892. The molecule has 0 saturated heterocycles. The summed E-state index contributed by atoms with van der Waals surface area (Å²) in [5.74, 6) is -0.279. The molecule has 0 spiro atoms. The third-order valence-electron chi connectivity index (χ3n) is 4.23. The molecule has 0 saturated carbocycles. The van der Waals surface area contributed by atoms with E-state index in [-0.39, 0.29) is 5.97 Å². The smallest absolute Gasteiger partial charge is 0.338 e. The van der Waals surface area contributed by atoms with Gasteiger partial charge in [0.15, 0.2) is 0 Å². The Morgan fingerprint density at radius 2 is 1.84 bits per heavy atom. The lowest BCUT2D eigenvalue weighted by molar-refractivity contribution is 0.0526. The van der Waals surface area contributed by atoms with E-state index in [1.54, 1.807) is 0 Å². The van der Waals surface area contributed by atoms with Crippen LogP contribution in [0.3, 0.4) is 0 Å². The van der Waals surface area contributed by atoms with Crippen LogP contribution in [0.1, 0.15) is 28.4 Å². The highest BCUT2D eigenvalue weighted by atomic mass is 16.5. The van der Waals surface area contributed by atoms with Gasteiger partial charge in [-0.15, -0.1) is 0 Å². The Morgan fingerprint density at radius 3 is 2.48 bits per heavy atom. The Balaban J connectivity index is 2.16. The number of benzene rings is 2. The minimum absolute atomic E-state index is 0.279. The zero-order chi connectivity index (χ0) is 18.0. The third-order valence-corrected chi connectivity index (χ3v) is 4.23. The number of rotatable bonds is 5. The van der Waals surface area contributed by atoms with Gasteiger partial charge in [-0.3, -0.25) is 0 Å². The normalized spacial score (nSPS) is 11.2. The molecule has 1 N–H and O–H groups in total. The van der Waals surface area contributed by atoms with Crippen molar-refractivity contribution >= 4 is 16.9 Å². The monoisotopic (exact) mass is 336 g/mol.